The van der Waals surface area contributed by atoms with Crippen LogP contribution >= 0.6 is 11.3 Å². The Kier molecular flexibility index (Phi) is 13.2. The average molecular weight is 632 g/mol. The van der Waals surface area contributed by atoms with E-state index in [1.807, 2.05) is 39.2 Å². The minimum Gasteiger partial charge on any atom is -0.456 e. The lowest BCUT2D eigenvalue weighted by atomic mass is 9.56. The van der Waals surface area contributed by atoms with E-state index in [-0.39, 0.29) is 34.9 Å². The predicted molar refractivity (Wildman–Crippen MR) is 185 cm³/mol. The van der Waals surface area contributed by atoms with E-state index in [9.17, 15) is 9.59 Å². The van der Waals surface area contributed by atoms with Gasteiger partial charge < -0.3 is 9.16 Å². The van der Waals surface area contributed by atoms with E-state index in [2.05, 4.69) is 85.6 Å². The summed E-state index contributed by atoms with van der Waals surface area (Å²) in [5.74, 6) is -0.0842. The number of esters is 1. The monoisotopic (exact) mass is 631 g/mol. The van der Waals surface area contributed by atoms with Crippen molar-refractivity contribution in [3.05, 3.63) is 33.8 Å². The zero-order valence-electron chi connectivity index (χ0n) is 29.7. The molecule has 0 spiro atoms. The number of ether oxygens (including phenoxy) is 1. The lowest BCUT2D eigenvalue weighted by molar-refractivity contribution is -0.168. The van der Waals surface area contributed by atoms with Gasteiger partial charge in [-0.05, 0) is 74.1 Å². The van der Waals surface area contributed by atoms with Gasteiger partial charge in [0.2, 0.25) is 0 Å². The summed E-state index contributed by atoms with van der Waals surface area (Å²) >= 11 is 1.61. The molecule has 43 heavy (non-hydrogen) atoms. The van der Waals surface area contributed by atoms with Gasteiger partial charge in [0.15, 0.2) is 9.04 Å². The number of thiazole rings is 1. The first-order chi connectivity index (χ1) is 19.7. The summed E-state index contributed by atoms with van der Waals surface area (Å²) < 4.78 is 13.0. The second-order valence-corrected chi connectivity index (χ2v) is 19.4. The summed E-state index contributed by atoms with van der Waals surface area (Å²) in [5.41, 5.74) is 0.588. The topological polar surface area (TPSA) is 65.5 Å². The normalized spacial score (nSPS) is 29.1. The van der Waals surface area contributed by atoms with Crippen molar-refractivity contribution in [3.8, 4) is 0 Å². The predicted octanol–water partition coefficient (Wildman–Crippen LogP) is 9.46. The number of ketones is 1. The molecule has 1 aromatic heterocycles. The summed E-state index contributed by atoms with van der Waals surface area (Å²) in [7, 11) is -1.69. The number of carbonyl (C=O) groups excluding carboxylic acids is 2. The molecule has 2 heterocycles. The zero-order chi connectivity index (χ0) is 32.9. The Balaban J connectivity index is 2.70. The average Bonchev–Trinajstić information content (AvgIpc) is 3.25. The van der Waals surface area contributed by atoms with Gasteiger partial charge in [-0.25, -0.2) is 9.78 Å². The SMILES string of the molecule is CC(=Cc1csc(C)n1)[C@@H]1CC=CCCC[C@H](C)[C@H](C(C)(C)C)[C@@H](C)C(=O)C(C)(C)[C@H](C(C)(C)C)C(O[SiH](C)C)C(=O)O1. The van der Waals surface area contributed by atoms with Crippen molar-refractivity contribution in [1.82, 2.24) is 4.98 Å². The van der Waals surface area contributed by atoms with E-state index >= 15 is 0 Å². The highest BCUT2D eigenvalue weighted by Crippen LogP contribution is 2.49. The lowest BCUT2D eigenvalue weighted by Crippen LogP contribution is -2.54. The Morgan fingerprint density at radius 1 is 1.09 bits per heavy atom. The van der Waals surface area contributed by atoms with Crippen molar-refractivity contribution >= 4 is 38.2 Å². The number of cyclic esters (lactones) is 1. The summed E-state index contributed by atoms with van der Waals surface area (Å²) in [5, 5.41) is 3.03. The molecule has 1 aliphatic heterocycles. The van der Waals surface area contributed by atoms with Gasteiger partial charge in [-0.15, -0.1) is 11.3 Å². The molecular formula is C36H61NO4SSi. The van der Waals surface area contributed by atoms with Crippen LogP contribution in [-0.2, 0) is 18.8 Å². The fourth-order valence-electron chi connectivity index (χ4n) is 7.86. The van der Waals surface area contributed by atoms with Crippen LogP contribution in [0, 0.1) is 46.8 Å². The van der Waals surface area contributed by atoms with Gasteiger partial charge in [-0.3, -0.25) is 4.79 Å². The van der Waals surface area contributed by atoms with Crippen molar-refractivity contribution in [1.29, 1.82) is 0 Å². The molecule has 1 unspecified atom stereocenters. The minimum absolute atomic E-state index is 0.0321. The van der Waals surface area contributed by atoms with E-state index in [0.717, 1.165) is 35.5 Å². The molecule has 0 saturated heterocycles. The van der Waals surface area contributed by atoms with E-state index in [4.69, 9.17) is 9.16 Å². The number of hydrogen-bond donors (Lipinski definition) is 0. The molecule has 0 radical (unpaired) electrons. The molecule has 0 amide bonds. The van der Waals surface area contributed by atoms with Crippen LogP contribution in [0.15, 0.2) is 23.1 Å². The van der Waals surface area contributed by atoms with Crippen LogP contribution in [0.4, 0.5) is 0 Å². The molecule has 1 aliphatic rings. The Bertz CT molecular complexity index is 1140. The Labute approximate surface area is 269 Å². The van der Waals surface area contributed by atoms with E-state index in [1.54, 1.807) is 11.3 Å². The second kappa shape index (κ2) is 15.1. The van der Waals surface area contributed by atoms with Crippen molar-refractivity contribution in [3.63, 3.8) is 0 Å². The summed E-state index contributed by atoms with van der Waals surface area (Å²) in [4.78, 5) is 33.6. The standard InChI is InChI=1S/C36H61NO4SSi/c1-23-19-17-15-16-18-20-28(24(2)21-27-22-42-26(4)37-27)40-33(39)30(41-43(13)14)31(35(8,9)10)36(11,12)32(38)25(3)29(23)34(5,6)7/h16,18,21-23,25,28-31,43H,15,17,19-20H2,1-14H3/t23-,25+,28-,29-,30?,31-/m0/s1. The molecule has 7 heteroatoms. The largest absolute Gasteiger partial charge is 0.456 e. The fourth-order valence-corrected chi connectivity index (χ4v) is 9.28. The Morgan fingerprint density at radius 3 is 2.23 bits per heavy atom. The molecule has 0 saturated carbocycles. The number of Topliss-reactive ketones (excluding diaryl/α,β-unsaturated/α-hetero) is 1. The maximum absolute atomic E-state index is 14.7. The number of hydrogen-bond acceptors (Lipinski definition) is 6. The third-order valence-electron chi connectivity index (χ3n) is 9.19. The first-order valence-corrected chi connectivity index (χ1v) is 20.0. The van der Waals surface area contributed by atoms with Crippen LogP contribution in [0.25, 0.3) is 6.08 Å². The summed E-state index contributed by atoms with van der Waals surface area (Å²) in [6.07, 6.45) is 8.79. The minimum atomic E-state index is -1.69. The summed E-state index contributed by atoms with van der Waals surface area (Å²) in [6.45, 7) is 29.8. The fraction of sp³-hybridized carbons (Fsp3) is 0.750. The van der Waals surface area contributed by atoms with Crippen molar-refractivity contribution in [2.45, 2.75) is 134 Å². The van der Waals surface area contributed by atoms with Crippen LogP contribution < -0.4 is 0 Å². The number of allylic oxidation sites excluding steroid dienone is 1. The van der Waals surface area contributed by atoms with Crippen LogP contribution in [0.2, 0.25) is 13.1 Å². The van der Waals surface area contributed by atoms with Gasteiger partial charge in [0.1, 0.15) is 18.0 Å². The van der Waals surface area contributed by atoms with Gasteiger partial charge in [-0.1, -0.05) is 87.8 Å². The first-order valence-electron chi connectivity index (χ1n) is 16.3. The molecule has 0 bridgehead atoms. The van der Waals surface area contributed by atoms with Crippen molar-refractivity contribution in [2.75, 3.05) is 0 Å². The number of rotatable bonds is 4. The zero-order valence-corrected chi connectivity index (χ0v) is 31.6. The highest BCUT2D eigenvalue weighted by atomic mass is 32.1. The molecule has 0 N–H and O–H groups in total. The van der Waals surface area contributed by atoms with Crippen molar-refractivity contribution in [2.24, 2.45) is 39.9 Å². The maximum atomic E-state index is 14.7. The van der Waals surface area contributed by atoms with Crippen molar-refractivity contribution < 1.29 is 18.8 Å². The molecule has 6 atom stereocenters. The van der Waals surface area contributed by atoms with E-state index in [0.29, 0.717) is 12.3 Å². The van der Waals surface area contributed by atoms with E-state index in [1.165, 1.54) is 0 Å². The third kappa shape index (κ3) is 10.2. The van der Waals surface area contributed by atoms with E-state index < -0.39 is 32.1 Å². The lowest BCUT2D eigenvalue weighted by Gasteiger charge is -2.48. The molecule has 244 valence electrons. The maximum Gasteiger partial charge on any atom is 0.334 e. The Hall–Kier alpha value is -1.57. The van der Waals surface area contributed by atoms with Crippen LogP contribution in [0.5, 0.6) is 0 Å². The summed E-state index contributed by atoms with van der Waals surface area (Å²) in [6, 6.07) is 0. The number of aromatic nitrogens is 1. The Morgan fingerprint density at radius 2 is 1.72 bits per heavy atom. The molecular weight excluding hydrogens is 571 g/mol. The molecule has 0 aliphatic carbocycles. The molecule has 0 fully saturated rings. The highest BCUT2D eigenvalue weighted by Gasteiger charge is 2.53. The number of nitrogens with zero attached hydrogens (tertiary/aromatic N) is 1. The second-order valence-electron chi connectivity index (χ2n) is 15.9. The molecule has 1 aromatic rings. The smallest absolute Gasteiger partial charge is 0.334 e. The van der Waals surface area contributed by atoms with Gasteiger partial charge in [0.05, 0.1) is 10.7 Å². The van der Waals surface area contributed by atoms with Gasteiger partial charge in [0.25, 0.3) is 0 Å². The quantitative estimate of drug-likeness (QED) is 0.188. The number of carbonyl (C=O) groups is 2. The first kappa shape index (κ1) is 37.6. The van der Waals surface area contributed by atoms with Crippen LogP contribution in [0.3, 0.4) is 0 Å². The van der Waals surface area contributed by atoms with Gasteiger partial charge in [0, 0.05) is 29.1 Å². The van der Waals surface area contributed by atoms with Gasteiger partial charge >= 0.3 is 5.97 Å². The highest BCUT2D eigenvalue weighted by molar-refractivity contribution is 7.09. The van der Waals surface area contributed by atoms with Crippen LogP contribution in [-0.4, -0.2) is 38.0 Å². The van der Waals surface area contributed by atoms with Gasteiger partial charge in [-0.2, -0.15) is 0 Å². The number of aryl methyl sites for hydroxylation is 1. The molecule has 5 nitrogen and oxygen atoms in total. The molecule has 0 aromatic carbocycles. The van der Waals surface area contributed by atoms with Crippen LogP contribution in [0.1, 0.15) is 113 Å². The molecule has 2 rings (SSSR count). The third-order valence-corrected chi connectivity index (χ3v) is 10.8.